The summed E-state index contributed by atoms with van der Waals surface area (Å²) in [5, 5.41) is 5.72. The number of urea groups is 1. The minimum atomic E-state index is -0.383. The number of nitrogens with zero attached hydrogens (tertiary/aromatic N) is 1. The Balaban J connectivity index is 1.27. The standard InChI is InChI=1S/C19H23N3O5/c23-17(20-10-12-5-6-15-16(9-12)27-11-26-15)7-8-22-18(24)13-3-1-2-4-14(13)21-19(22)25/h5-6,9,13-14H,1-4,7-8,10-11H2,(H,20,23)(H,21,25). The number of imide groups is 1. The van der Waals surface area contributed by atoms with Gasteiger partial charge >= 0.3 is 6.03 Å². The Bertz CT molecular complexity index is 766. The summed E-state index contributed by atoms with van der Waals surface area (Å²) in [6.45, 7) is 0.653. The van der Waals surface area contributed by atoms with Crippen molar-refractivity contribution >= 4 is 17.8 Å². The number of hydrogen-bond acceptors (Lipinski definition) is 5. The van der Waals surface area contributed by atoms with Gasteiger partial charge < -0.3 is 20.1 Å². The molecule has 2 fully saturated rings. The number of amides is 4. The zero-order chi connectivity index (χ0) is 18.8. The summed E-state index contributed by atoms with van der Waals surface area (Å²) in [5.74, 6) is 0.860. The summed E-state index contributed by atoms with van der Waals surface area (Å²) < 4.78 is 10.6. The predicted octanol–water partition coefficient (Wildman–Crippen LogP) is 1.53. The molecule has 0 radical (unpaired) electrons. The number of hydrogen-bond donors (Lipinski definition) is 2. The van der Waals surface area contributed by atoms with Crippen molar-refractivity contribution in [3.8, 4) is 11.5 Å². The molecule has 2 unspecified atom stereocenters. The molecule has 1 aromatic rings. The van der Waals surface area contributed by atoms with Crippen molar-refractivity contribution in [3.63, 3.8) is 0 Å². The molecule has 2 aliphatic heterocycles. The van der Waals surface area contributed by atoms with E-state index in [1.165, 1.54) is 4.90 Å². The molecule has 0 bridgehead atoms. The van der Waals surface area contributed by atoms with Gasteiger partial charge in [-0.15, -0.1) is 0 Å². The topological polar surface area (TPSA) is 97.0 Å². The van der Waals surface area contributed by atoms with Crippen LogP contribution in [0.15, 0.2) is 18.2 Å². The van der Waals surface area contributed by atoms with Gasteiger partial charge in [-0.25, -0.2) is 4.79 Å². The number of nitrogens with one attached hydrogen (secondary N) is 2. The SMILES string of the molecule is O=C(CCN1C(=O)NC2CCCCC2C1=O)NCc1ccc2c(c1)OCO2. The Labute approximate surface area is 157 Å². The Morgan fingerprint density at radius 1 is 1.19 bits per heavy atom. The maximum atomic E-state index is 12.6. The summed E-state index contributed by atoms with van der Waals surface area (Å²) in [4.78, 5) is 38.1. The summed E-state index contributed by atoms with van der Waals surface area (Å²) >= 11 is 0. The van der Waals surface area contributed by atoms with E-state index in [2.05, 4.69) is 10.6 Å². The Morgan fingerprint density at radius 2 is 2.00 bits per heavy atom. The lowest BCUT2D eigenvalue weighted by Gasteiger charge is -2.39. The third kappa shape index (κ3) is 3.70. The molecule has 1 aromatic carbocycles. The van der Waals surface area contributed by atoms with Crippen molar-refractivity contribution in [1.82, 2.24) is 15.5 Å². The van der Waals surface area contributed by atoms with Crippen LogP contribution in [-0.2, 0) is 16.1 Å². The van der Waals surface area contributed by atoms with Crippen LogP contribution in [0.4, 0.5) is 4.79 Å². The van der Waals surface area contributed by atoms with Crippen molar-refractivity contribution in [2.24, 2.45) is 5.92 Å². The van der Waals surface area contributed by atoms with Crippen molar-refractivity contribution in [3.05, 3.63) is 23.8 Å². The molecule has 1 saturated carbocycles. The molecule has 8 nitrogen and oxygen atoms in total. The molecule has 8 heteroatoms. The van der Waals surface area contributed by atoms with E-state index >= 15 is 0 Å². The van der Waals surface area contributed by atoms with E-state index in [1.807, 2.05) is 12.1 Å². The zero-order valence-electron chi connectivity index (χ0n) is 15.0. The van der Waals surface area contributed by atoms with Gasteiger partial charge in [0.25, 0.3) is 0 Å². The van der Waals surface area contributed by atoms with Gasteiger partial charge in [-0.3, -0.25) is 14.5 Å². The molecule has 4 rings (SSSR count). The smallest absolute Gasteiger partial charge is 0.324 e. The minimum Gasteiger partial charge on any atom is -0.454 e. The van der Waals surface area contributed by atoms with Gasteiger partial charge in [0.1, 0.15) is 0 Å². The maximum Gasteiger partial charge on any atom is 0.324 e. The molecular weight excluding hydrogens is 350 g/mol. The molecule has 4 amide bonds. The first-order chi connectivity index (χ1) is 13.1. The van der Waals surface area contributed by atoms with Gasteiger partial charge in [0.05, 0.1) is 5.92 Å². The van der Waals surface area contributed by atoms with Crippen molar-refractivity contribution in [2.75, 3.05) is 13.3 Å². The van der Waals surface area contributed by atoms with E-state index in [4.69, 9.17) is 9.47 Å². The van der Waals surface area contributed by atoms with Crippen LogP contribution >= 0.6 is 0 Å². The number of rotatable bonds is 5. The van der Waals surface area contributed by atoms with Crippen LogP contribution in [0.5, 0.6) is 11.5 Å². The lowest BCUT2D eigenvalue weighted by molar-refractivity contribution is -0.136. The minimum absolute atomic E-state index is 0.0464. The second-order valence-corrected chi connectivity index (χ2v) is 7.15. The number of benzene rings is 1. The normalized spacial score (nSPS) is 23.6. The third-order valence-electron chi connectivity index (χ3n) is 5.39. The second kappa shape index (κ2) is 7.46. The van der Waals surface area contributed by atoms with E-state index in [0.717, 1.165) is 31.2 Å². The monoisotopic (exact) mass is 373 g/mol. The number of carbonyl (C=O) groups excluding carboxylic acids is 3. The first kappa shape index (κ1) is 17.6. The quantitative estimate of drug-likeness (QED) is 0.816. The van der Waals surface area contributed by atoms with Gasteiger partial charge in [0.15, 0.2) is 11.5 Å². The average Bonchev–Trinajstić information content (AvgIpc) is 3.14. The molecule has 0 spiro atoms. The van der Waals surface area contributed by atoms with Crippen molar-refractivity contribution in [2.45, 2.75) is 44.7 Å². The molecule has 3 aliphatic rings. The molecule has 144 valence electrons. The lowest BCUT2D eigenvalue weighted by atomic mass is 9.82. The molecule has 1 saturated heterocycles. The Hall–Kier alpha value is -2.77. The predicted molar refractivity (Wildman–Crippen MR) is 95.0 cm³/mol. The average molecular weight is 373 g/mol. The summed E-state index contributed by atoms with van der Waals surface area (Å²) in [6, 6.07) is 5.06. The zero-order valence-corrected chi connectivity index (χ0v) is 15.0. The highest BCUT2D eigenvalue weighted by molar-refractivity contribution is 5.99. The highest BCUT2D eigenvalue weighted by atomic mass is 16.7. The second-order valence-electron chi connectivity index (χ2n) is 7.15. The lowest BCUT2D eigenvalue weighted by Crippen LogP contribution is -2.61. The van der Waals surface area contributed by atoms with Gasteiger partial charge in [0.2, 0.25) is 18.6 Å². The Kier molecular flexibility index (Phi) is 4.87. The maximum absolute atomic E-state index is 12.6. The van der Waals surface area contributed by atoms with Crippen molar-refractivity contribution in [1.29, 1.82) is 0 Å². The molecule has 2 heterocycles. The van der Waals surface area contributed by atoms with E-state index in [-0.39, 0.29) is 49.6 Å². The molecule has 27 heavy (non-hydrogen) atoms. The van der Waals surface area contributed by atoms with E-state index < -0.39 is 0 Å². The van der Waals surface area contributed by atoms with Crippen LogP contribution in [0, 0.1) is 5.92 Å². The number of fused-ring (bicyclic) bond motifs is 2. The van der Waals surface area contributed by atoms with Crippen LogP contribution in [-0.4, -0.2) is 42.1 Å². The fourth-order valence-corrected chi connectivity index (χ4v) is 3.90. The fourth-order valence-electron chi connectivity index (χ4n) is 3.90. The third-order valence-corrected chi connectivity index (χ3v) is 5.39. The van der Waals surface area contributed by atoms with E-state index in [1.54, 1.807) is 6.07 Å². The first-order valence-electron chi connectivity index (χ1n) is 9.39. The van der Waals surface area contributed by atoms with E-state index in [9.17, 15) is 14.4 Å². The van der Waals surface area contributed by atoms with Crippen LogP contribution < -0.4 is 20.1 Å². The van der Waals surface area contributed by atoms with E-state index in [0.29, 0.717) is 18.0 Å². The van der Waals surface area contributed by atoms with Gasteiger partial charge in [0, 0.05) is 25.6 Å². The molecule has 2 atom stereocenters. The largest absolute Gasteiger partial charge is 0.454 e. The molecule has 1 aliphatic carbocycles. The summed E-state index contributed by atoms with van der Waals surface area (Å²) in [7, 11) is 0. The molecule has 2 N–H and O–H groups in total. The Morgan fingerprint density at radius 3 is 2.89 bits per heavy atom. The van der Waals surface area contributed by atoms with Crippen molar-refractivity contribution < 1.29 is 23.9 Å². The summed E-state index contributed by atoms with van der Waals surface area (Å²) in [5.41, 5.74) is 0.893. The van der Waals surface area contributed by atoms with Gasteiger partial charge in [-0.2, -0.15) is 0 Å². The van der Waals surface area contributed by atoms with Crippen LogP contribution in [0.3, 0.4) is 0 Å². The molecule has 0 aromatic heterocycles. The first-order valence-corrected chi connectivity index (χ1v) is 9.39. The number of ether oxygens (including phenoxy) is 2. The van der Waals surface area contributed by atoms with Crippen LogP contribution in [0.25, 0.3) is 0 Å². The number of carbonyl (C=O) groups is 3. The highest BCUT2D eigenvalue weighted by Crippen LogP contribution is 2.32. The van der Waals surface area contributed by atoms with Gasteiger partial charge in [-0.1, -0.05) is 18.9 Å². The van der Waals surface area contributed by atoms with Crippen LogP contribution in [0.2, 0.25) is 0 Å². The van der Waals surface area contributed by atoms with Gasteiger partial charge in [-0.05, 0) is 30.5 Å². The highest BCUT2D eigenvalue weighted by Gasteiger charge is 2.41. The molecular formula is C19H23N3O5. The summed E-state index contributed by atoms with van der Waals surface area (Å²) in [6.07, 6.45) is 3.79. The van der Waals surface area contributed by atoms with Crippen LogP contribution in [0.1, 0.15) is 37.7 Å². The fraction of sp³-hybridized carbons (Fsp3) is 0.526.